The van der Waals surface area contributed by atoms with Crippen LogP contribution in [0.2, 0.25) is 0 Å². The largest absolute Gasteiger partial charge is 0.478 e. The van der Waals surface area contributed by atoms with Crippen molar-refractivity contribution in [3.8, 4) is 0 Å². The first-order valence-corrected chi connectivity index (χ1v) is 5.09. The second kappa shape index (κ2) is 8.45. The second-order valence-corrected chi connectivity index (χ2v) is 3.63. The van der Waals surface area contributed by atoms with Crippen molar-refractivity contribution in [3.63, 3.8) is 0 Å². The molecule has 0 aliphatic carbocycles. The van der Waals surface area contributed by atoms with Crippen LogP contribution in [0.15, 0.2) is 11.6 Å². The van der Waals surface area contributed by atoms with Gasteiger partial charge in [0.05, 0.1) is 6.61 Å². The van der Waals surface area contributed by atoms with Crippen LogP contribution in [0.5, 0.6) is 0 Å². The van der Waals surface area contributed by atoms with Crippen LogP contribution in [-0.4, -0.2) is 17.7 Å². The number of carboxylic acids is 1. The van der Waals surface area contributed by atoms with Crippen LogP contribution in [0.1, 0.15) is 19.8 Å². The van der Waals surface area contributed by atoms with Crippen LogP contribution < -0.4 is 4.61 Å². The van der Waals surface area contributed by atoms with Crippen LogP contribution >= 0.6 is 20.7 Å². The zero-order valence-corrected chi connectivity index (χ0v) is 9.10. The number of unbranched alkanes of at least 4 members (excludes halogenated alkanes) is 1. The molecule has 0 aromatic rings. The Hall–Kier alpha value is -0.150. The van der Waals surface area contributed by atoms with Gasteiger partial charge < -0.3 is 9.63 Å². The van der Waals surface area contributed by atoms with Gasteiger partial charge in [0, 0.05) is 5.57 Å². The molecule has 0 saturated carbocycles. The van der Waals surface area contributed by atoms with Crippen LogP contribution in [0.3, 0.4) is 0 Å². The molecule has 76 valence electrons. The van der Waals surface area contributed by atoms with E-state index in [9.17, 15) is 4.79 Å². The van der Waals surface area contributed by atoms with Crippen molar-refractivity contribution < 1.29 is 14.4 Å². The Morgan fingerprint density at radius 3 is 3.00 bits per heavy atom. The highest BCUT2D eigenvalue weighted by molar-refractivity contribution is 7.31. The summed E-state index contributed by atoms with van der Waals surface area (Å²) in [6, 6.07) is 0. The average Bonchev–Trinajstić information content (AvgIpc) is 2.10. The Morgan fingerprint density at radius 1 is 1.77 bits per heavy atom. The van der Waals surface area contributed by atoms with Crippen molar-refractivity contribution >= 4 is 26.7 Å². The molecule has 0 aromatic heterocycles. The molecule has 0 aliphatic heterocycles. The van der Waals surface area contributed by atoms with Crippen LogP contribution in [0, 0.1) is 0 Å². The standard InChI is InChI=1S/C7H13ClNO3P/c1-6(7(10)11)4-2-3-5-12-13-9-8/h4,9,13H,2-3,5H2,1H3,(H,10,11). The number of hydrogen-bond donors (Lipinski definition) is 2. The molecule has 0 bridgehead atoms. The summed E-state index contributed by atoms with van der Waals surface area (Å²) < 4.78 is 7.39. The van der Waals surface area contributed by atoms with Crippen LogP contribution in [-0.2, 0) is 9.32 Å². The Bertz CT molecular complexity index is 187. The SMILES string of the molecule is CC(=CCCCOPNCl)C(=O)O. The predicted octanol–water partition coefficient (Wildman–Crippen LogP) is 2.07. The Labute approximate surface area is 84.3 Å². The molecular weight excluding hydrogens is 213 g/mol. The number of hydrogen-bond acceptors (Lipinski definition) is 3. The Morgan fingerprint density at radius 2 is 2.46 bits per heavy atom. The third-order valence-corrected chi connectivity index (χ3v) is 2.01. The summed E-state index contributed by atoms with van der Waals surface area (Å²) in [5.74, 6) is -0.870. The van der Waals surface area contributed by atoms with E-state index < -0.39 is 5.97 Å². The maximum Gasteiger partial charge on any atom is 0.330 e. The average molecular weight is 226 g/mol. The molecule has 0 amide bonds. The van der Waals surface area contributed by atoms with Gasteiger partial charge in [0.25, 0.3) is 0 Å². The van der Waals surface area contributed by atoms with Crippen LogP contribution in [0.25, 0.3) is 0 Å². The van der Waals surface area contributed by atoms with Crippen molar-refractivity contribution in [3.05, 3.63) is 11.6 Å². The lowest BCUT2D eigenvalue weighted by Gasteiger charge is -1.99. The second-order valence-electron chi connectivity index (χ2n) is 2.38. The number of carboxylic acid groups (broad SMARTS) is 1. The summed E-state index contributed by atoms with van der Waals surface area (Å²) in [5, 5.41) is 8.50. The van der Waals surface area contributed by atoms with Gasteiger partial charge in [-0.3, -0.25) is 0 Å². The lowest BCUT2D eigenvalue weighted by Crippen LogP contribution is -1.96. The van der Waals surface area contributed by atoms with E-state index >= 15 is 0 Å². The highest BCUT2D eigenvalue weighted by Crippen LogP contribution is 2.08. The normalized spacial score (nSPS) is 12.6. The van der Waals surface area contributed by atoms with Gasteiger partial charge in [0.2, 0.25) is 0 Å². The molecule has 4 nitrogen and oxygen atoms in total. The van der Waals surface area contributed by atoms with E-state index in [4.69, 9.17) is 21.4 Å². The van der Waals surface area contributed by atoms with Gasteiger partial charge in [-0.2, -0.15) is 4.61 Å². The van der Waals surface area contributed by atoms with E-state index in [0.29, 0.717) is 18.6 Å². The van der Waals surface area contributed by atoms with Gasteiger partial charge in [0.15, 0.2) is 0 Å². The van der Waals surface area contributed by atoms with Crippen molar-refractivity contribution in [1.82, 2.24) is 4.61 Å². The maximum atomic E-state index is 10.3. The lowest BCUT2D eigenvalue weighted by atomic mass is 10.2. The summed E-state index contributed by atoms with van der Waals surface area (Å²) in [6.07, 6.45) is 3.20. The molecular formula is C7H13ClNO3P. The fourth-order valence-electron chi connectivity index (χ4n) is 0.640. The highest BCUT2D eigenvalue weighted by atomic mass is 35.5. The highest BCUT2D eigenvalue weighted by Gasteiger charge is 1.97. The third-order valence-electron chi connectivity index (χ3n) is 1.35. The number of allylic oxidation sites excluding steroid dienone is 1. The molecule has 0 spiro atoms. The molecule has 0 aliphatic rings. The first kappa shape index (κ1) is 12.8. The fourth-order valence-corrected chi connectivity index (χ4v) is 1.10. The number of rotatable bonds is 7. The van der Waals surface area contributed by atoms with E-state index in [-0.39, 0.29) is 8.96 Å². The quantitative estimate of drug-likeness (QED) is 0.301. The topological polar surface area (TPSA) is 58.6 Å². The minimum Gasteiger partial charge on any atom is -0.478 e. The molecule has 1 atom stereocenters. The summed E-state index contributed by atoms with van der Waals surface area (Å²) >= 11 is 5.15. The molecule has 0 saturated heterocycles. The predicted molar refractivity (Wildman–Crippen MR) is 53.9 cm³/mol. The van der Waals surface area contributed by atoms with Gasteiger partial charge in [-0.1, -0.05) is 6.08 Å². The lowest BCUT2D eigenvalue weighted by molar-refractivity contribution is -0.132. The summed E-state index contributed by atoms with van der Waals surface area (Å²) in [6.45, 7) is 2.16. The van der Waals surface area contributed by atoms with E-state index in [0.717, 1.165) is 6.42 Å². The third kappa shape index (κ3) is 8.19. The number of nitrogens with one attached hydrogen (secondary N) is 1. The van der Waals surface area contributed by atoms with Crippen molar-refractivity contribution in [2.75, 3.05) is 6.61 Å². The number of aliphatic carboxylic acids is 1. The van der Waals surface area contributed by atoms with E-state index in [1.165, 1.54) is 0 Å². The first-order valence-electron chi connectivity index (χ1n) is 3.81. The monoisotopic (exact) mass is 225 g/mol. The number of carbonyl (C=O) groups is 1. The summed E-state index contributed by atoms with van der Waals surface area (Å²) in [4.78, 5) is 10.3. The molecule has 0 fully saturated rings. The zero-order chi connectivity index (χ0) is 10.1. The molecule has 2 N–H and O–H groups in total. The molecule has 6 heteroatoms. The van der Waals surface area contributed by atoms with Crippen molar-refractivity contribution in [2.45, 2.75) is 19.8 Å². The molecule has 13 heavy (non-hydrogen) atoms. The zero-order valence-electron chi connectivity index (χ0n) is 7.34. The van der Waals surface area contributed by atoms with Gasteiger partial charge in [-0.15, -0.1) is 0 Å². The molecule has 1 unspecified atom stereocenters. The van der Waals surface area contributed by atoms with E-state index in [1.807, 2.05) is 0 Å². The molecule has 0 aromatic carbocycles. The van der Waals surface area contributed by atoms with Crippen LogP contribution in [0.4, 0.5) is 0 Å². The van der Waals surface area contributed by atoms with Crippen molar-refractivity contribution in [1.29, 1.82) is 0 Å². The summed E-state index contributed by atoms with van der Waals surface area (Å²) in [7, 11) is 0.0944. The maximum absolute atomic E-state index is 10.3. The van der Waals surface area contributed by atoms with Gasteiger partial charge in [-0.25, -0.2) is 4.79 Å². The molecule has 0 heterocycles. The van der Waals surface area contributed by atoms with E-state index in [1.54, 1.807) is 13.0 Å². The number of halogens is 1. The van der Waals surface area contributed by atoms with Gasteiger partial charge in [0.1, 0.15) is 8.96 Å². The Balaban J connectivity index is 3.34. The molecule has 0 rings (SSSR count). The van der Waals surface area contributed by atoms with E-state index in [2.05, 4.69) is 4.61 Å². The fraction of sp³-hybridized carbons (Fsp3) is 0.571. The van der Waals surface area contributed by atoms with Gasteiger partial charge in [-0.05, 0) is 31.5 Å². The Kier molecular flexibility index (Phi) is 8.35. The van der Waals surface area contributed by atoms with Crippen molar-refractivity contribution in [2.24, 2.45) is 0 Å². The smallest absolute Gasteiger partial charge is 0.330 e. The molecule has 0 radical (unpaired) electrons. The summed E-state index contributed by atoms with van der Waals surface area (Å²) in [5.41, 5.74) is 0.373. The van der Waals surface area contributed by atoms with Gasteiger partial charge >= 0.3 is 5.97 Å². The minimum absolute atomic E-state index is 0.0944. The first-order chi connectivity index (χ1) is 6.18. The minimum atomic E-state index is -0.870.